The second-order valence-electron chi connectivity index (χ2n) is 3.25. The van der Waals surface area contributed by atoms with Gasteiger partial charge in [-0.05, 0) is 35.7 Å². The molecule has 0 N–H and O–H groups in total. The van der Waals surface area contributed by atoms with E-state index in [4.69, 9.17) is 4.74 Å². The van der Waals surface area contributed by atoms with E-state index < -0.39 is 0 Å². The largest absolute Gasteiger partial charge is 0.450 e. The fourth-order valence-corrected chi connectivity index (χ4v) is 1.98. The molecule has 1 aromatic heterocycles. The minimum atomic E-state index is -0.217. The smallest absolute Gasteiger partial charge is 0.410 e. The van der Waals surface area contributed by atoms with Crippen LogP contribution in [0.3, 0.4) is 0 Å². The van der Waals surface area contributed by atoms with Crippen molar-refractivity contribution in [2.24, 2.45) is 0 Å². The maximum atomic E-state index is 11.6. The molecule has 0 saturated carbocycles. The van der Waals surface area contributed by atoms with Crippen molar-refractivity contribution in [3.8, 4) is 0 Å². The minimum Gasteiger partial charge on any atom is -0.450 e. The zero-order valence-electron chi connectivity index (χ0n) is 9.23. The number of carbonyl (C=O) groups excluding carboxylic acids is 1. The second-order valence-corrected chi connectivity index (χ2v) is 4.03. The average Bonchev–Trinajstić information content (AvgIpc) is 2.70. The molecule has 0 aliphatic rings. The van der Waals surface area contributed by atoms with Crippen LogP contribution in [0.4, 0.5) is 4.79 Å². The molecular formula is C11H17NO2S. The van der Waals surface area contributed by atoms with Gasteiger partial charge in [0.1, 0.15) is 0 Å². The molecule has 0 aromatic carbocycles. The van der Waals surface area contributed by atoms with Crippen molar-refractivity contribution in [3.63, 3.8) is 0 Å². The Hall–Kier alpha value is -1.03. The molecule has 1 rings (SSSR count). The van der Waals surface area contributed by atoms with Crippen LogP contribution < -0.4 is 0 Å². The quantitative estimate of drug-likeness (QED) is 0.773. The van der Waals surface area contributed by atoms with E-state index in [1.54, 1.807) is 16.2 Å². The second kappa shape index (κ2) is 6.45. The Bertz CT molecular complexity index is 285. The number of ether oxygens (including phenoxy) is 1. The van der Waals surface area contributed by atoms with Crippen LogP contribution >= 0.6 is 11.3 Å². The van der Waals surface area contributed by atoms with Crippen molar-refractivity contribution < 1.29 is 9.53 Å². The van der Waals surface area contributed by atoms with E-state index in [-0.39, 0.29) is 6.09 Å². The zero-order valence-corrected chi connectivity index (χ0v) is 10.0. The van der Waals surface area contributed by atoms with Gasteiger partial charge in [-0.15, -0.1) is 0 Å². The predicted octanol–water partition coefficient (Wildman–Crippen LogP) is 3.12. The van der Waals surface area contributed by atoms with Crippen molar-refractivity contribution >= 4 is 17.4 Å². The van der Waals surface area contributed by atoms with Gasteiger partial charge in [0.05, 0.1) is 6.61 Å². The molecule has 0 aliphatic heterocycles. The zero-order chi connectivity index (χ0) is 11.1. The number of nitrogens with zero attached hydrogens (tertiary/aromatic N) is 1. The molecule has 1 heterocycles. The summed E-state index contributed by atoms with van der Waals surface area (Å²) in [5.41, 5.74) is 1.17. The topological polar surface area (TPSA) is 29.5 Å². The molecular weight excluding hydrogens is 210 g/mol. The van der Waals surface area contributed by atoms with Crippen LogP contribution in [0.5, 0.6) is 0 Å². The standard InChI is InChI=1S/C11H17NO2S/c1-3-6-12(11(13)14-4-2)8-10-5-7-15-9-10/h5,7,9H,3-4,6,8H2,1-2H3. The van der Waals surface area contributed by atoms with Crippen LogP contribution in [0.2, 0.25) is 0 Å². The first kappa shape index (κ1) is 12.0. The van der Waals surface area contributed by atoms with Crippen LogP contribution in [-0.4, -0.2) is 24.1 Å². The Morgan fingerprint density at radius 3 is 2.87 bits per heavy atom. The monoisotopic (exact) mass is 227 g/mol. The van der Waals surface area contributed by atoms with Gasteiger partial charge in [0.25, 0.3) is 0 Å². The highest BCUT2D eigenvalue weighted by molar-refractivity contribution is 7.07. The molecule has 4 heteroatoms. The van der Waals surface area contributed by atoms with Gasteiger partial charge >= 0.3 is 6.09 Å². The molecule has 0 unspecified atom stereocenters. The lowest BCUT2D eigenvalue weighted by atomic mass is 10.3. The maximum Gasteiger partial charge on any atom is 0.410 e. The first-order valence-electron chi connectivity index (χ1n) is 5.20. The van der Waals surface area contributed by atoms with E-state index >= 15 is 0 Å². The number of hydrogen-bond acceptors (Lipinski definition) is 3. The Kier molecular flexibility index (Phi) is 5.18. The number of hydrogen-bond donors (Lipinski definition) is 0. The Morgan fingerprint density at radius 2 is 2.33 bits per heavy atom. The Balaban J connectivity index is 2.53. The van der Waals surface area contributed by atoms with Gasteiger partial charge in [-0.2, -0.15) is 11.3 Å². The Morgan fingerprint density at radius 1 is 1.53 bits per heavy atom. The third-order valence-corrected chi connectivity index (χ3v) is 2.71. The molecule has 0 fully saturated rings. The fraction of sp³-hybridized carbons (Fsp3) is 0.545. The van der Waals surface area contributed by atoms with Crippen LogP contribution in [0, 0.1) is 0 Å². The average molecular weight is 227 g/mol. The molecule has 0 saturated heterocycles. The van der Waals surface area contributed by atoms with Crippen molar-refractivity contribution in [2.45, 2.75) is 26.8 Å². The molecule has 0 aliphatic carbocycles. The van der Waals surface area contributed by atoms with Crippen LogP contribution in [0.15, 0.2) is 16.8 Å². The highest BCUT2D eigenvalue weighted by atomic mass is 32.1. The summed E-state index contributed by atoms with van der Waals surface area (Å²) in [6, 6.07) is 2.03. The van der Waals surface area contributed by atoms with E-state index in [0.29, 0.717) is 13.2 Å². The lowest BCUT2D eigenvalue weighted by molar-refractivity contribution is 0.104. The van der Waals surface area contributed by atoms with Gasteiger partial charge in [0, 0.05) is 13.1 Å². The van der Waals surface area contributed by atoms with Gasteiger partial charge in [0.2, 0.25) is 0 Å². The summed E-state index contributed by atoms with van der Waals surface area (Å²) in [6.45, 7) is 5.71. The van der Waals surface area contributed by atoms with Crippen molar-refractivity contribution in [2.75, 3.05) is 13.2 Å². The molecule has 0 radical (unpaired) electrons. The highest BCUT2D eigenvalue weighted by Crippen LogP contribution is 2.10. The third-order valence-electron chi connectivity index (χ3n) is 1.97. The van der Waals surface area contributed by atoms with Gasteiger partial charge < -0.3 is 9.64 Å². The highest BCUT2D eigenvalue weighted by Gasteiger charge is 2.13. The number of thiophene rings is 1. The van der Waals surface area contributed by atoms with E-state index in [1.807, 2.05) is 18.4 Å². The van der Waals surface area contributed by atoms with E-state index in [2.05, 4.69) is 12.3 Å². The summed E-state index contributed by atoms with van der Waals surface area (Å²) >= 11 is 1.65. The molecule has 1 amide bonds. The molecule has 0 spiro atoms. The predicted molar refractivity (Wildman–Crippen MR) is 62.0 cm³/mol. The maximum absolute atomic E-state index is 11.6. The minimum absolute atomic E-state index is 0.217. The van der Waals surface area contributed by atoms with Gasteiger partial charge in [-0.25, -0.2) is 4.79 Å². The molecule has 3 nitrogen and oxygen atoms in total. The van der Waals surface area contributed by atoms with E-state index in [1.165, 1.54) is 5.56 Å². The van der Waals surface area contributed by atoms with Gasteiger partial charge in [-0.1, -0.05) is 6.92 Å². The first-order valence-corrected chi connectivity index (χ1v) is 6.15. The lowest BCUT2D eigenvalue weighted by Crippen LogP contribution is -2.31. The lowest BCUT2D eigenvalue weighted by Gasteiger charge is -2.20. The van der Waals surface area contributed by atoms with Crippen molar-refractivity contribution in [3.05, 3.63) is 22.4 Å². The van der Waals surface area contributed by atoms with Gasteiger partial charge in [-0.3, -0.25) is 0 Å². The van der Waals surface area contributed by atoms with Gasteiger partial charge in [0.15, 0.2) is 0 Å². The van der Waals surface area contributed by atoms with Crippen LogP contribution in [0.1, 0.15) is 25.8 Å². The fourth-order valence-electron chi connectivity index (χ4n) is 1.32. The summed E-state index contributed by atoms with van der Waals surface area (Å²) in [7, 11) is 0. The normalized spacial score (nSPS) is 10.0. The molecule has 0 atom stereocenters. The SMILES string of the molecule is CCCN(Cc1ccsc1)C(=O)OCC. The third kappa shape index (κ3) is 3.91. The summed E-state index contributed by atoms with van der Waals surface area (Å²) in [5.74, 6) is 0. The summed E-state index contributed by atoms with van der Waals surface area (Å²) in [4.78, 5) is 13.3. The van der Waals surface area contributed by atoms with E-state index in [9.17, 15) is 4.79 Å². The molecule has 0 bridgehead atoms. The van der Waals surface area contributed by atoms with E-state index in [0.717, 1.165) is 13.0 Å². The molecule has 84 valence electrons. The van der Waals surface area contributed by atoms with Crippen LogP contribution in [-0.2, 0) is 11.3 Å². The summed E-state index contributed by atoms with van der Waals surface area (Å²) in [6.07, 6.45) is 0.730. The van der Waals surface area contributed by atoms with Crippen molar-refractivity contribution in [1.82, 2.24) is 4.90 Å². The number of carbonyl (C=O) groups is 1. The van der Waals surface area contributed by atoms with Crippen LogP contribution in [0.25, 0.3) is 0 Å². The number of amides is 1. The van der Waals surface area contributed by atoms with Crippen molar-refractivity contribution in [1.29, 1.82) is 0 Å². The number of rotatable bonds is 5. The molecule has 1 aromatic rings. The Labute approximate surface area is 94.7 Å². The first-order chi connectivity index (χ1) is 7.27. The molecule has 15 heavy (non-hydrogen) atoms. The summed E-state index contributed by atoms with van der Waals surface area (Å²) in [5, 5.41) is 4.08. The summed E-state index contributed by atoms with van der Waals surface area (Å²) < 4.78 is 5.00.